The first-order valence-electron chi connectivity index (χ1n) is 6.27. The van der Waals surface area contributed by atoms with E-state index >= 15 is 0 Å². The van der Waals surface area contributed by atoms with Crippen molar-refractivity contribution in [2.24, 2.45) is 7.05 Å². The molecule has 2 aromatic rings. The highest BCUT2D eigenvalue weighted by Crippen LogP contribution is 2.31. The highest BCUT2D eigenvalue weighted by atomic mass is 19.4. The molecule has 0 fully saturated rings. The number of carbonyl (C=O) groups is 1. The third kappa shape index (κ3) is 3.74. The molecular weight excluding hydrogens is 301 g/mol. The van der Waals surface area contributed by atoms with Gasteiger partial charge < -0.3 is 4.74 Å². The summed E-state index contributed by atoms with van der Waals surface area (Å²) in [6.45, 7) is 1.48. The third-order valence-electron chi connectivity index (χ3n) is 2.91. The molecule has 6 nitrogen and oxygen atoms in total. The molecule has 1 aromatic carbocycles. The van der Waals surface area contributed by atoms with Crippen LogP contribution in [-0.2, 0) is 18.0 Å². The zero-order valence-corrected chi connectivity index (χ0v) is 11.8. The van der Waals surface area contributed by atoms with Gasteiger partial charge >= 0.3 is 12.3 Å². The van der Waals surface area contributed by atoms with Gasteiger partial charge in [0.2, 0.25) is 0 Å². The monoisotopic (exact) mass is 314 g/mol. The van der Waals surface area contributed by atoms with Gasteiger partial charge in [-0.25, -0.2) is 9.48 Å². The lowest BCUT2D eigenvalue weighted by Gasteiger charge is -2.15. The highest BCUT2D eigenvalue weighted by molar-refractivity contribution is 5.83. The quantitative estimate of drug-likeness (QED) is 0.945. The number of aromatic nitrogens is 3. The Morgan fingerprint density at radius 3 is 2.73 bits per heavy atom. The van der Waals surface area contributed by atoms with Gasteiger partial charge in [0.15, 0.2) is 5.82 Å². The van der Waals surface area contributed by atoms with Crippen molar-refractivity contribution >= 4 is 11.9 Å². The van der Waals surface area contributed by atoms with E-state index in [1.165, 1.54) is 29.9 Å². The van der Waals surface area contributed by atoms with E-state index < -0.39 is 23.9 Å². The molecule has 1 N–H and O–H groups in total. The Bertz CT molecular complexity index is 669. The Labute approximate surface area is 123 Å². The molecule has 1 amide bonds. The standard InChI is InChI=1S/C13H13F3N4O2/c1-8(9-4-3-5-10(6-9)13(14,15)16)22-12(21)18-11-7-17-19-20(11)2/h3-8H,1-2H3,(H,18,21). The average Bonchev–Trinajstić information content (AvgIpc) is 2.83. The van der Waals surface area contributed by atoms with Crippen LogP contribution in [0.5, 0.6) is 0 Å². The van der Waals surface area contributed by atoms with Crippen LogP contribution >= 0.6 is 0 Å². The van der Waals surface area contributed by atoms with E-state index in [0.29, 0.717) is 5.82 Å². The Kier molecular flexibility index (Phi) is 4.34. The van der Waals surface area contributed by atoms with Crippen molar-refractivity contribution < 1.29 is 22.7 Å². The topological polar surface area (TPSA) is 69.0 Å². The van der Waals surface area contributed by atoms with Crippen molar-refractivity contribution in [2.45, 2.75) is 19.2 Å². The molecular formula is C13H13F3N4O2. The van der Waals surface area contributed by atoms with Gasteiger partial charge in [0.25, 0.3) is 0 Å². The number of halogens is 3. The molecule has 2 rings (SSSR count). The Morgan fingerprint density at radius 2 is 2.14 bits per heavy atom. The number of aryl methyl sites for hydroxylation is 1. The smallest absolute Gasteiger partial charge is 0.416 e. The van der Waals surface area contributed by atoms with E-state index in [4.69, 9.17) is 4.74 Å². The lowest BCUT2D eigenvalue weighted by Crippen LogP contribution is -2.18. The van der Waals surface area contributed by atoms with E-state index in [0.717, 1.165) is 12.1 Å². The van der Waals surface area contributed by atoms with Gasteiger partial charge in [-0.3, -0.25) is 5.32 Å². The molecule has 1 unspecified atom stereocenters. The molecule has 0 radical (unpaired) electrons. The maximum atomic E-state index is 12.7. The number of nitrogens with one attached hydrogen (secondary N) is 1. The number of amides is 1. The van der Waals surface area contributed by atoms with E-state index in [1.807, 2.05) is 0 Å². The summed E-state index contributed by atoms with van der Waals surface area (Å²) in [4.78, 5) is 11.7. The Balaban J connectivity index is 2.04. The molecule has 1 heterocycles. The van der Waals surface area contributed by atoms with Crippen molar-refractivity contribution in [3.8, 4) is 0 Å². The number of benzene rings is 1. The number of ether oxygens (including phenoxy) is 1. The Hall–Kier alpha value is -2.58. The minimum atomic E-state index is -4.45. The predicted octanol–water partition coefficient (Wildman–Crippen LogP) is 3.14. The fourth-order valence-electron chi connectivity index (χ4n) is 1.73. The van der Waals surface area contributed by atoms with Gasteiger partial charge in [-0.2, -0.15) is 13.2 Å². The predicted molar refractivity (Wildman–Crippen MR) is 71.0 cm³/mol. The van der Waals surface area contributed by atoms with Gasteiger partial charge in [0.05, 0.1) is 11.8 Å². The number of rotatable bonds is 3. The first-order chi connectivity index (χ1) is 10.3. The van der Waals surface area contributed by atoms with Crippen LogP contribution in [-0.4, -0.2) is 21.1 Å². The van der Waals surface area contributed by atoms with Gasteiger partial charge in [0.1, 0.15) is 6.10 Å². The number of carbonyl (C=O) groups excluding carboxylic acids is 1. The third-order valence-corrected chi connectivity index (χ3v) is 2.91. The van der Waals surface area contributed by atoms with Gasteiger partial charge in [-0.15, -0.1) is 5.10 Å². The van der Waals surface area contributed by atoms with Crippen LogP contribution < -0.4 is 5.32 Å². The summed E-state index contributed by atoms with van der Waals surface area (Å²) in [6, 6.07) is 4.63. The minimum Gasteiger partial charge on any atom is -0.441 e. The molecule has 1 atom stereocenters. The first kappa shape index (κ1) is 15.8. The second kappa shape index (κ2) is 6.04. The second-order valence-corrected chi connectivity index (χ2v) is 4.54. The molecule has 22 heavy (non-hydrogen) atoms. The van der Waals surface area contributed by atoms with Crippen LogP contribution in [0, 0.1) is 0 Å². The maximum absolute atomic E-state index is 12.7. The second-order valence-electron chi connectivity index (χ2n) is 4.54. The molecule has 0 saturated carbocycles. The number of anilines is 1. The molecule has 0 aliphatic heterocycles. The molecule has 118 valence electrons. The van der Waals surface area contributed by atoms with E-state index in [1.54, 1.807) is 7.05 Å². The Morgan fingerprint density at radius 1 is 1.41 bits per heavy atom. The number of nitrogens with zero attached hydrogens (tertiary/aromatic N) is 3. The van der Waals surface area contributed by atoms with Crippen LogP contribution in [0.25, 0.3) is 0 Å². The number of hydrogen-bond donors (Lipinski definition) is 1. The summed E-state index contributed by atoms with van der Waals surface area (Å²) in [5.74, 6) is 0.307. The lowest BCUT2D eigenvalue weighted by molar-refractivity contribution is -0.137. The fourth-order valence-corrected chi connectivity index (χ4v) is 1.73. The molecule has 0 bridgehead atoms. The maximum Gasteiger partial charge on any atom is 0.416 e. The zero-order chi connectivity index (χ0) is 16.3. The van der Waals surface area contributed by atoms with E-state index in [2.05, 4.69) is 15.6 Å². The highest BCUT2D eigenvalue weighted by Gasteiger charge is 2.31. The largest absolute Gasteiger partial charge is 0.441 e. The summed E-state index contributed by atoms with van der Waals surface area (Å²) in [5.41, 5.74) is -0.551. The van der Waals surface area contributed by atoms with Crippen molar-refractivity contribution in [1.82, 2.24) is 15.0 Å². The molecule has 1 aromatic heterocycles. The summed E-state index contributed by atoms with van der Waals surface area (Å²) in [5, 5.41) is 9.58. The normalized spacial score (nSPS) is 12.8. The molecule has 0 spiro atoms. The SMILES string of the molecule is CC(OC(=O)Nc1cnnn1C)c1cccc(C(F)(F)F)c1. The summed E-state index contributed by atoms with van der Waals surface area (Å²) in [7, 11) is 1.57. The molecule has 0 aliphatic carbocycles. The van der Waals surface area contributed by atoms with Gasteiger partial charge in [-0.05, 0) is 24.6 Å². The van der Waals surface area contributed by atoms with Crippen molar-refractivity contribution in [3.63, 3.8) is 0 Å². The summed E-state index contributed by atoms with van der Waals surface area (Å²) >= 11 is 0. The average molecular weight is 314 g/mol. The zero-order valence-electron chi connectivity index (χ0n) is 11.8. The van der Waals surface area contributed by atoms with Crippen LogP contribution in [0.2, 0.25) is 0 Å². The summed E-state index contributed by atoms with van der Waals surface area (Å²) in [6.07, 6.45) is -4.78. The fraction of sp³-hybridized carbons (Fsp3) is 0.308. The van der Waals surface area contributed by atoms with Crippen LogP contribution in [0.15, 0.2) is 30.5 Å². The van der Waals surface area contributed by atoms with Crippen molar-refractivity contribution in [2.75, 3.05) is 5.32 Å². The van der Waals surface area contributed by atoms with E-state index in [9.17, 15) is 18.0 Å². The molecule has 0 aliphatic rings. The number of hydrogen-bond acceptors (Lipinski definition) is 4. The van der Waals surface area contributed by atoms with Gasteiger partial charge in [-0.1, -0.05) is 17.3 Å². The van der Waals surface area contributed by atoms with Crippen LogP contribution in [0.4, 0.5) is 23.8 Å². The first-order valence-corrected chi connectivity index (χ1v) is 6.27. The van der Waals surface area contributed by atoms with Gasteiger partial charge in [0, 0.05) is 7.05 Å². The molecule has 9 heteroatoms. The van der Waals surface area contributed by atoms with Crippen molar-refractivity contribution in [1.29, 1.82) is 0 Å². The number of alkyl halides is 3. The lowest BCUT2D eigenvalue weighted by atomic mass is 10.1. The van der Waals surface area contributed by atoms with Crippen LogP contribution in [0.1, 0.15) is 24.2 Å². The van der Waals surface area contributed by atoms with Crippen LogP contribution in [0.3, 0.4) is 0 Å². The minimum absolute atomic E-state index is 0.244. The summed E-state index contributed by atoms with van der Waals surface area (Å²) < 4.78 is 44.3. The molecule has 0 saturated heterocycles. The van der Waals surface area contributed by atoms with Crippen molar-refractivity contribution in [3.05, 3.63) is 41.6 Å². The van der Waals surface area contributed by atoms with E-state index in [-0.39, 0.29) is 5.56 Å².